The summed E-state index contributed by atoms with van der Waals surface area (Å²) in [6.45, 7) is 0.257. The summed E-state index contributed by atoms with van der Waals surface area (Å²) in [5.74, 6) is -0.405. The van der Waals surface area contributed by atoms with Crippen LogP contribution in [0.4, 0.5) is 10.1 Å². The smallest absolute Gasteiger partial charge is 0.224 e. The number of nitriles is 1. The number of halogens is 1. The lowest BCUT2D eigenvalue weighted by Gasteiger charge is -2.07. The molecule has 2 aromatic rings. The van der Waals surface area contributed by atoms with Crippen molar-refractivity contribution in [2.24, 2.45) is 0 Å². The Morgan fingerprint density at radius 1 is 1.23 bits per heavy atom. The highest BCUT2D eigenvalue weighted by Gasteiger charge is 2.05. The summed E-state index contributed by atoms with van der Waals surface area (Å²) in [6, 6.07) is 14.8. The van der Waals surface area contributed by atoms with Gasteiger partial charge in [-0.15, -0.1) is 0 Å². The zero-order valence-electron chi connectivity index (χ0n) is 11.9. The van der Waals surface area contributed by atoms with Crippen molar-refractivity contribution in [3.8, 4) is 11.8 Å². The highest BCUT2D eigenvalue weighted by atomic mass is 19.1. The van der Waals surface area contributed by atoms with Gasteiger partial charge in [0.2, 0.25) is 5.91 Å². The van der Waals surface area contributed by atoms with Gasteiger partial charge in [0.25, 0.3) is 0 Å². The molecule has 5 heteroatoms. The number of nitrogens with one attached hydrogen (secondary N) is 1. The number of hydrogen-bond acceptors (Lipinski definition) is 3. The van der Waals surface area contributed by atoms with E-state index >= 15 is 0 Å². The lowest BCUT2D eigenvalue weighted by Crippen LogP contribution is -2.13. The molecule has 0 aromatic heterocycles. The van der Waals surface area contributed by atoms with Crippen LogP contribution in [-0.4, -0.2) is 12.5 Å². The van der Waals surface area contributed by atoms with Crippen molar-refractivity contribution in [2.45, 2.75) is 12.8 Å². The Kier molecular flexibility index (Phi) is 5.50. The average molecular weight is 298 g/mol. The van der Waals surface area contributed by atoms with Gasteiger partial charge in [0.15, 0.2) is 11.6 Å². The van der Waals surface area contributed by atoms with Gasteiger partial charge in [-0.3, -0.25) is 4.79 Å². The number of carbonyl (C=O) groups excluding carboxylic acids is 1. The van der Waals surface area contributed by atoms with E-state index in [9.17, 15) is 9.18 Å². The van der Waals surface area contributed by atoms with Crippen molar-refractivity contribution in [3.63, 3.8) is 0 Å². The average Bonchev–Trinajstić information content (AvgIpc) is 2.53. The molecule has 0 atom stereocenters. The molecule has 0 spiro atoms. The number of ether oxygens (including phenoxy) is 1. The van der Waals surface area contributed by atoms with Gasteiger partial charge in [0.05, 0.1) is 18.2 Å². The summed E-state index contributed by atoms with van der Waals surface area (Å²) in [5, 5.41) is 11.5. The van der Waals surface area contributed by atoms with Crippen molar-refractivity contribution in [1.82, 2.24) is 0 Å². The third-order valence-corrected chi connectivity index (χ3v) is 2.92. The van der Waals surface area contributed by atoms with Gasteiger partial charge in [-0.05, 0) is 36.8 Å². The van der Waals surface area contributed by atoms with Crippen molar-refractivity contribution in [1.29, 1.82) is 5.26 Å². The van der Waals surface area contributed by atoms with Crippen LogP contribution in [0.2, 0.25) is 0 Å². The molecule has 2 rings (SSSR count). The molecule has 0 aliphatic heterocycles. The molecule has 22 heavy (non-hydrogen) atoms. The lowest BCUT2D eigenvalue weighted by atomic mass is 10.2. The standard InChI is InChI=1S/C17H15FN2O2/c18-15-7-1-2-8-16(15)22-10-4-9-17(21)20-14-6-3-5-13(11-14)12-19/h1-3,5-8,11H,4,9-10H2,(H,20,21). The third kappa shape index (κ3) is 4.60. The first kappa shape index (κ1) is 15.5. The maximum absolute atomic E-state index is 13.3. The van der Waals surface area contributed by atoms with E-state index in [-0.39, 0.29) is 24.7 Å². The van der Waals surface area contributed by atoms with Crippen LogP contribution < -0.4 is 10.1 Å². The predicted molar refractivity (Wildman–Crippen MR) is 80.9 cm³/mol. The Bertz CT molecular complexity index is 695. The Hall–Kier alpha value is -2.87. The minimum Gasteiger partial charge on any atom is -0.491 e. The Balaban J connectivity index is 1.74. The number of rotatable bonds is 6. The fourth-order valence-electron chi connectivity index (χ4n) is 1.87. The second-order valence-electron chi connectivity index (χ2n) is 4.62. The largest absolute Gasteiger partial charge is 0.491 e. The summed E-state index contributed by atoms with van der Waals surface area (Å²) in [6.07, 6.45) is 0.726. The molecule has 1 N–H and O–H groups in total. The number of carbonyl (C=O) groups is 1. The molecule has 0 aliphatic rings. The highest BCUT2D eigenvalue weighted by molar-refractivity contribution is 5.90. The van der Waals surface area contributed by atoms with E-state index in [4.69, 9.17) is 10.00 Å². The van der Waals surface area contributed by atoms with Gasteiger partial charge < -0.3 is 10.1 Å². The highest BCUT2D eigenvalue weighted by Crippen LogP contribution is 2.16. The monoisotopic (exact) mass is 298 g/mol. The number of nitrogens with zero attached hydrogens (tertiary/aromatic N) is 1. The second-order valence-corrected chi connectivity index (χ2v) is 4.62. The van der Waals surface area contributed by atoms with Crippen LogP contribution >= 0.6 is 0 Å². The van der Waals surface area contributed by atoms with E-state index in [0.29, 0.717) is 17.7 Å². The van der Waals surface area contributed by atoms with Crippen LogP contribution in [0.3, 0.4) is 0 Å². The van der Waals surface area contributed by atoms with E-state index in [1.54, 1.807) is 42.5 Å². The van der Waals surface area contributed by atoms with Crippen LogP contribution in [0.5, 0.6) is 5.75 Å². The number of anilines is 1. The molecule has 0 saturated heterocycles. The maximum atomic E-state index is 13.3. The third-order valence-electron chi connectivity index (χ3n) is 2.92. The Morgan fingerprint density at radius 2 is 2.05 bits per heavy atom. The predicted octanol–water partition coefficient (Wildman–Crippen LogP) is 3.50. The Labute approximate surface area is 128 Å². The normalized spacial score (nSPS) is 9.82. The summed E-state index contributed by atoms with van der Waals surface area (Å²) >= 11 is 0. The molecular formula is C17H15FN2O2. The van der Waals surface area contributed by atoms with Crippen molar-refractivity contribution < 1.29 is 13.9 Å². The van der Waals surface area contributed by atoms with Gasteiger partial charge in [-0.2, -0.15) is 5.26 Å². The van der Waals surface area contributed by atoms with Crippen LogP contribution in [0.1, 0.15) is 18.4 Å². The quantitative estimate of drug-likeness (QED) is 0.830. The molecule has 0 bridgehead atoms. The fraction of sp³-hybridized carbons (Fsp3) is 0.176. The molecule has 0 aliphatic carbocycles. The Morgan fingerprint density at radius 3 is 2.82 bits per heavy atom. The number of benzene rings is 2. The van der Waals surface area contributed by atoms with Crippen LogP contribution in [0.25, 0.3) is 0 Å². The minimum atomic E-state index is -0.416. The molecule has 1 amide bonds. The van der Waals surface area contributed by atoms with E-state index in [0.717, 1.165) is 0 Å². The second kappa shape index (κ2) is 7.79. The van der Waals surface area contributed by atoms with Crippen LogP contribution in [-0.2, 0) is 4.79 Å². The van der Waals surface area contributed by atoms with Crippen molar-refractivity contribution >= 4 is 11.6 Å². The van der Waals surface area contributed by atoms with Gasteiger partial charge in [0, 0.05) is 12.1 Å². The van der Waals surface area contributed by atoms with E-state index in [1.165, 1.54) is 6.07 Å². The van der Waals surface area contributed by atoms with Crippen LogP contribution in [0.15, 0.2) is 48.5 Å². The van der Waals surface area contributed by atoms with E-state index in [2.05, 4.69) is 5.32 Å². The van der Waals surface area contributed by atoms with Gasteiger partial charge in [-0.25, -0.2) is 4.39 Å². The first-order valence-electron chi connectivity index (χ1n) is 6.86. The molecule has 0 saturated carbocycles. The summed E-state index contributed by atoms with van der Waals surface area (Å²) in [5.41, 5.74) is 1.07. The molecule has 0 fully saturated rings. The molecule has 0 radical (unpaired) electrons. The first-order chi connectivity index (χ1) is 10.7. The topological polar surface area (TPSA) is 62.1 Å². The maximum Gasteiger partial charge on any atom is 0.224 e. The van der Waals surface area contributed by atoms with Gasteiger partial charge >= 0.3 is 0 Å². The minimum absolute atomic E-state index is 0.174. The summed E-state index contributed by atoms with van der Waals surface area (Å²) in [4.78, 5) is 11.8. The zero-order valence-corrected chi connectivity index (χ0v) is 11.9. The van der Waals surface area contributed by atoms with Gasteiger partial charge in [0.1, 0.15) is 0 Å². The molecule has 112 valence electrons. The SMILES string of the molecule is N#Cc1cccc(NC(=O)CCCOc2ccccc2F)c1. The van der Waals surface area contributed by atoms with E-state index < -0.39 is 5.82 Å². The molecule has 0 unspecified atom stereocenters. The van der Waals surface area contributed by atoms with Crippen LogP contribution in [0, 0.1) is 17.1 Å². The number of hydrogen-bond donors (Lipinski definition) is 1. The summed E-state index contributed by atoms with van der Waals surface area (Å²) < 4.78 is 18.6. The van der Waals surface area contributed by atoms with E-state index in [1.807, 2.05) is 6.07 Å². The summed E-state index contributed by atoms with van der Waals surface area (Å²) in [7, 11) is 0. The molecular weight excluding hydrogens is 283 g/mol. The molecule has 0 heterocycles. The fourth-order valence-corrected chi connectivity index (χ4v) is 1.87. The molecule has 2 aromatic carbocycles. The lowest BCUT2D eigenvalue weighted by molar-refractivity contribution is -0.116. The molecule has 4 nitrogen and oxygen atoms in total. The van der Waals surface area contributed by atoms with Gasteiger partial charge in [-0.1, -0.05) is 18.2 Å². The van der Waals surface area contributed by atoms with Crippen molar-refractivity contribution in [3.05, 3.63) is 59.9 Å². The van der Waals surface area contributed by atoms with Crippen molar-refractivity contribution in [2.75, 3.05) is 11.9 Å². The number of amides is 1. The first-order valence-corrected chi connectivity index (χ1v) is 6.86. The zero-order chi connectivity index (χ0) is 15.8. The number of para-hydroxylation sites is 1.